The van der Waals surface area contributed by atoms with E-state index >= 15 is 0 Å². The van der Waals surface area contributed by atoms with Gasteiger partial charge in [0.05, 0.1) is 16.8 Å². The molecule has 2 aromatic carbocycles. The summed E-state index contributed by atoms with van der Waals surface area (Å²) >= 11 is 9.40. The van der Waals surface area contributed by atoms with E-state index in [1.807, 2.05) is 50.2 Å². The van der Waals surface area contributed by atoms with Crippen molar-refractivity contribution in [2.45, 2.75) is 13.8 Å². The second kappa shape index (κ2) is 6.91. The number of benzene rings is 2. The van der Waals surface area contributed by atoms with Gasteiger partial charge in [-0.1, -0.05) is 23.7 Å². The molecule has 4 rings (SSSR count). The Kier molecular flexibility index (Phi) is 4.58. The molecule has 2 heterocycles. The zero-order valence-electron chi connectivity index (χ0n) is 14.7. The van der Waals surface area contributed by atoms with Gasteiger partial charge in [-0.2, -0.15) is 9.78 Å². The van der Waals surface area contributed by atoms with E-state index in [0.717, 1.165) is 27.8 Å². The fourth-order valence-electron chi connectivity index (χ4n) is 3.02. The van der Waals surface area contributed by atoms with Gasteiger partial charge in [-0.3, -0.25) is 4.79 Å². The minimum Gasteiger partial charge on any atom is -0.267 e. The number of aromatic nitrogens is 3. The molecule has 0 bridgehead atoms. The summed E-state index contributed by atoms with van der Waals surface area (Å²) in [6.45, 7) is 4.04. The van der Waals surface area contributed by atoms with Crippen LogP contribution in [0.3, 0.4) is 0 Å². The molecular weight excluding hydrogens is 426 g/mol. The first-order chi connectivity index (χ1) is 12.9. The van der Waals surface area contributed by atoms with Crippen LogP contribution in [0.1, 0.15) is 11.1 Å². The summed E-state index contributed by atoms with van der Waals surface area (Å²) < 4.78 is 2.06. The maximum absolute atomic E-state index is 13.2. The van der Waals surface area contributed by atoms with Gasteiger partial charge in [-0.15, -0.1) is 0 Å². The van der Waals surface area contributed by atoms with Gasteiger partial charge in [0.2, 0.25) is 0 Å². The molecule has 134 valence electrons. The fraction of sp³-hybridized carbons (Fsp3) is 0.0952. The number of rotatable bonds is 2. The first-order valence-electron chi connectivity index (χ1n) is 8.36. The van der Waals surface area contributed by atoms with Crippen LogP contribution in [0, 0.1) is 13.8 Å². The summed E-state index contributed by atoms with van der Waals surface area (Å²) in [5.74, 6) is 0. The van der Waals surface area contributed by atoms with Crippen molar-refractivity contribution in [3.05, 3.63) is 85.8 Å². The molecule has 0 aliphatic rings. The average molecular weight is 441 g/mol. The Morgan fingerprint density at radius 1 is 0.963 bits per heavy atom. The Bertz CT molecular complexity index is 1230. The average Bonchev–Trinajstić information content (AvgIpc) is 2.65. The van der Waals surface area contributed by atoms with Crippen LogP contribution in [0.4, 0.5) is 0 Å². The lowest BCUT2D eigenvalue weighted by Gasteiger charge is -2.13. The van der Waals surface area contributed by atoms with Crippen LogP contribution in [0.25, 0.3) is 27.7 Å². The molecular formula is C21H15BrClN3O. The number of pyridine rings is 1. The summed E-state index contributed by atoms with van der Waals surface area (Å²) in [4.78, 5) is 17.3. The van der Waals surface area contributed by atoms with E-state index in [4.69, 9.17) is 16.7 Å². The van der Waals surface area contributed by atoms with Crippen molar-refractivity contribution in [1.82, 2.24) is 14.8 Å². The molecule has 0 unspecified atom stereocenters. The fourth-order valence-corrected chi connectivity index (χ4v) is 3.50. The van der Waals surface area contributed by atoms with E-state index in [-0.39, 0.29) is 5.56 Å². The summed E-state index contributed by atoms with van der Waals surface area (Å²) in [5.41, 5.74) is 4.30. The standard InChI is InChI=1S/C21H15BrClN3O/c1-12-9-17-18(10-13(12)2)21(27)26(16-7-8-24-19(22)11-16)25-20(17)14-3-5-15(23)6-4-14/h3-11H,1-2H3. The van der Waals surface area contributed by atoms with Crippen LogP contribution in [0.2, 0.25) is 5.02 Å². The van der Waals surface area contributed by atoms with Gasteiger partial charge in [0.25, 0.3) is 5.56 Å². The van der Waals surface area contributed by atoms with Crippen molar-refractivity contribution < 1.29 is 0 Å². The third-order valence-corrected chi connectivity index (χ3v) is 5.27. The summed E-state index contributed by atoms with van der Waals surface area (Å²) in [7, 11) is 0. The number of aryl methyl sites for hydroxylation is 2. The zero-order chi connectivity index (χ0) is 19.1. The topological polar surface area (TPSA) is 47.8 Å². The largest absolute Gasteiger partial charge is 0.279 e. The lowest BCUT2D eigenvalue weighted by atomic mass is 10.00. The Hall–Kier alpha value is -2.50. The maximum Gasteiger partial charge on any atom is 0.279 e. The van der Waals surface area contributed by atoms with Crippen LogP contribution in [-0.2, 0) is 0 Å². The lowest BCUT2D eigenvalue weighted by molar-refractivity contribution is 0.823. The summed E-state index contributed by atoms with van der Waals surface area (Å²) in [6.07, 6.45) is 1.64. The van der Waals surface area contributed by atoms with Crippen LogP contribution >= 0.6 is 27.5 Å². The van der Waals surface area contributed by atoms with Gasteiger partial charge in [0.1, 0.15) is 4.60 Å². The maximum atomic E-state index is 13.2. The van der Waals surface area contributed by atoms with E-state index in [9.17, 15) is 4.79 Å². The lowest BCUT2D eigenvalue weighted by Crippen LogP contribution is -2.22. The van der Waals surface area contributed by atoms with Crippen LogP contribution in [0.15, 0.2) is 64.1 Å². The highest BCUT2D eigenvalue weighted by Gasteiger charge is 2.15. The molecule has 0 fully saturated rings. The van der Waals surface area contributed by atoms with E-state index in [1.54, 1.807) is 18.3 Å². The minimum absolute atomic E-state index is 0.163. The minimum atomic E-state index is -0.163. The molecule has 0 spiro atoms. The smallest absolute Gasteiger partial charge is 0.267 e. The van der Waals surface area contributed by atoms with E-state index < -0.39 is 0 Å². The van der Waals surface area contributed by atoms with Gasteiger partial charge in [-0.25, -0.2) is 4.98 Å². The molecule has 0 atom stereocenters. The third-order valence-electron chi connectivity index (χ3n) is 4.58. The Morgan fingerprint density at radius 3 is 2.30 bits per heavy atom. The highest BCUT2D eigenvalue weighted by molar-refractivity contribution is 9.10. The molecule has 2 aromatic heterocycles. The van der Waals surface area contributed by atoms with E-state index in [1.165, 1.54) is 4.68 Å². The summed E-state index contributed by atoms with van der Waals surface area (Å²) in [5, 5.41) is 6.81. The molecule has 0 saturated heterocycles. The Morgan fingerprint density at radius 2 is 1.63 bits per heavy atom. The van der Waals surface area contributed by atoms with Gasteiger partial charge in [0, 0.05) is 22.2 Å². The molecule has 0 radical (unpaired) electrons. The molecule has 4 aromatic rings. The molecule has 0 saturated carbocycles. The second-order valence-corrected chi connectivity index (χ2v) is 7.64. The zero-order valence-corrected chi connectivity index (χ0v) is 17.0. The molecule has 4 nitrogen and oxygen atoms in total. The molecule has 27 heavy (non-hydrogen) atoms. The van der Waals surface area contributed by atoms with Crippen molar-refractivity contribution in [1.29, 1.82) is 0 Å². The number of nitrogens with zero attached hydrogens (tertiary/aromatic N) is 3. The highest BCUT2D eigenvalue weighted by Crippen LogP contribution is 2.28. The monoisotopic (exact) mass is 439 g/mol. The number of halogens is 2. The van der Waals surface area contributed by atoms with E-state index in [2.05, 4.69) is 20.9 Å². The van der Waals surface area contributed by atoms with Crippen molar-refractivity contribution in [3.8, 4) is 16.9 Å². The van der Waals surface area contributed by atoms with Crippen molar-refractivity contribution in [2.75, 3.05) is 0 Å². The van der Waals surface area contributed by atoms with Crippen LogP contribution < -0.4 is 5.56 Å². The summed E-state index contributed by atoms with van der Waals surface area (Å²) in [6, 6.07) is 15.0. The SMILES string of the molecule is Cc1cc2c(-c3ccc(Cl)cc3)nn(-c3ccnc(Br)c3)c(=O)c2cc1C. The predicted octanol–water partition coefficient (Wildman–Crippen LogP) is 5.48. The van der Waals surface area contributed by atoms with Gasteiger partial charge in [0.15, 0.2) is 0 Å². The Labute approximate surface area is 169 Å². The number of fused-ring (bicyclic) bond motifs is 1. The van der Waals surface area contributed by atoms with Crippen LogP contribution in [-0.4, -0.2) is 14.8 Å². The molecule has 0 N–H and O–H groups in total. The molecule has 0 aliphatic carbocycles. The molecule has 6 heteroatoms. The predicted molar refractivity (Wildman–Crippen MR) is 113 cm³/mol. The van der Waals surface area contributed by atoms with Crippen LogP contribution in [0.5, 0.6) is 0 Å². The second-order valence-electron chi connectivity index (χ2n) is 6.39. The van der Waals surface area contributed by atoms with Gasteiger partial charge in [-0.05, 0) is 77.3 Å². The molecule has 0 aliphatic heterocycles. The van der Waals surface area contributed by atoms with Gasteiger partial charge < -0.3 is 0 Å². The van der Waals surface area contributed by atoms with E-state index in [0.29, 0.717) is 20.7 Å². The highest BCUT2D eigenvalue weighted by atomic mass is 79.9. The van der Waals surface area contributed by atoms with Crippen molar-refractivity contribution >= 4 is 38.3 Å². The third kappa shape index (κ3) is 3.29. The van der Waals surface area contributed by atoms with Crippen molar-refractivity contribution in [3.63, 3.8) is 0 Å². The molecule has 0 amide bonds. The first-order valence-corrected chi connectivity index (χ1v) is 9.53. The quantitative estimate of drug-likeness (QED) is 0.388. The normalized spacial score (nSPS) is 11.1. The Balaban J connectivity index is 2.11. The first kappa shape index (κ1) is 17.9. The number of hydrogen-bond donors (Lipinski definition) is 0. The van der Waals surface area contributed by atoms with Gasteiger partial charge >= 0.3 is 0 Å². The number of hydrogen-bond acceptors (Lipinski definition) is 3. The van der Waals surface area contributed by atoms with Crippen molar-refractivity contribution in [2.24, 2.45) is 0 Å².